The summed E-state index contributed by atoms with van der Waals surface area (Å²) < 4.78 is 0. The topological polar surface area (TPSA) is 50.8 Å². The Morgan fingerprint density at radius 1 is 1.08 bits per heavy atom. The molecule has 3 nitrogen and oxygen atoms in total. The van der Waals surface area contributed by atoms with Crippen LogP contribution in [0.5, 0.6) is 0 Å². The standard InChI is InChI=1S/C10H11N3/c1-13(2)7-5-3-4-6-10(8-11)9-12/h3-7H,1-2H3. The molecule has 0 aliphatic rings. The van der Waals surface area contributed by atoms with Crippen LogP contribution in [0.4, 0.5) is 0 Å². The first-order chi connectivity index (χ1) is 6.20. The van der Waals surface area contributed by atoms with E-state index in [2.05, 4.69) is 0 Å². The second kappa shape index (κ2) is 6.69. The van der Waals surface area contributed by atoms with Crippen molar-refractivity contribution in [2.75, 3.05) is 14.1 Å². The molecule has 3 heteroatoms. The second-order valence-corrected chi connectivity index (χ2v) is 2.49. The molecule has 0 aliphatic heterocycles. The van der Waals surface area contributed by atoms with Gasteiger partial charge in [-0.1, -0.05) is 12.2 Å². The molecule has 0 saturated carbocycles. The van der Waals surface area contributed by atoms with Crippen LogP contribution in [-0.2, 0) is 0 Å². The van der Waals surface area contributed by atoms with Crippen molar-refractivity contribution < 1.29 is 0 Å². The molecule has 13 heavy (non-hydrogen) atoms. The number of hydrogen-bond acceptors (Lipinski definition) is 3. The van der Waals surface area contributed by atoms with Crippen LogP contribution in [-0.4, -0.2) is 19.0 Å². The fourth-order valence-corrected chi connectivity index (χ4v) is 0.537. The van der Waals surface area contributed by atoms with Gasteiger partial charge in [0.15, 0.2) is 0 Å². The highest BCUT2D eigenvalue weighted by Crippen LogP contribution is 1.90. The largest absolute Gasteiger partial charge is 0.383 e. The zero-order chi connectivity index (χ0) is 10.1. The van der Waals surface area contributed by atoms with Gasteiger partial charge in [-0.15, -0.1) is 0 Å². The van der Waals surface area contributed by atoms with E-state index in [1.807, 2.05) is 31.3 Å². The lowest BCUT2D eigenvalue weighted by molar-refractivity contribution is 0.564. The molecule has 0 saturated heterocycles. The Morgan fingerprint density at radius 2 is 1.69 bits per heavy atom. The monoisotopic (exact) mass is 173 g/mol. The first-order valence-corrected chi connectivity index (χ1v) is 3.72. The average Bonchev–Trinajstić information content (AvgIpc) is 2.11. The highest BCUT2D eigenvalue weighted by Gasteiger charge is 1.84. The zero-order valence-corrected chi connectivity index (χ0v) is 7.73. The van der Waals surface area contributed by atoms with Crippen LogP contribution in [0, 0.1) is 22.7 Å². The molecule has 66 valence electrons. The van der Waals surface area contributed by atoms with Gasteiger partial charge in [0.05, 0.1) is 0 Å². The minimum Gasteiger partial charge on any atom is -0.383 e. The van der Waals surface area contributed by atoms with Crippen molar-refractivity contribution in [1.29, 1.82) is 10.5 Å². The maximum absolute atomic E-state index is 8.37. The van der Waals surface area contributed by atoms with E-state index in [1.54, 1.807) is 24.3 Å². The van der Waals surface area contributed by atoms with Crippen molar-refractivity contribution in [2.45, 2.75) is 0 Å². The Hall–Kier alpha value is -2.00. The van der Waals surface area contributed by atoms with Gasteiger partial charge in [-0.25, -0.2) is 0 Å². The quantitative estimate of drug-likeness (QED) is 0.481. The number of nitrogens with zero attached hydrogens (tertiary/aromatic N) is 3. The smallest absolute Gasteiger partial charge is 0.129 e. The maximum Gasteiger partial charge on any atom is 0.129 e. The van der Waals surface area contributed by atoms with E-state index < -0.39 is 0 Å². The van der Waals surface area contributed by atoms with Gasteiger partial charge in [-0.3, -0.25) is 0 Å². The molecule has 0 aliphatic carbocycles. The van der Waals surface area contributed by atoms with Gasteiger partial charge < -0.3 is 4.90 Å². The van der Waals surface area contributed by atoms with Crippen molar-refractivity contribution in [3.63, 3.8) is 0 Å². The third-order valence-corrected chi connectivity index (χ3v) is 1.11. The molecule has 0 aromatic carbocycles. The summed E-state index contributed by atoms with van der Waals surface area (Å²) in [5.41, 5.74) is 0.106. The van der Waals surface area contributed by atoms with Crippen LogP contribution < -0.4 is 0 Å². The predicted octanol–water partition coefficient (Wildman–Crippen LogP) is 1.59. The minimum atomic E-state index is 0.106. The lowest BCUT2D eigenvalue weighted by atomic mass is 10.3. The Bertz CT molecular complexity index is 292. The average molecular weight is 173 g/mol. The number of nitriles is 2. The molecule has 0 atom stereocenters. The van der Waals surface area contributed by atoms with Crippen molar-refractivity contribution in [3.05, 3.63) is 36.1 Å². The number of allylic oxidation sites excluding steroid dienone is 5. The van der Waals surface area contributed by atoms with Crippen LogP contribution in [0.1, 0.15) is 0 Å². The van der Waals surface area contributed by atoms with Gasteiger partial charge in [-0.05, 0) is 18.4 Å². The van der Waals surface area contributed by atoms with E-state index in [-0.39, 0.29) is 5.57 Å². The molecule has 0 rings (SSSR count). The van der Waals surface area contributed by atoms with Crippen LogP contribution in [0.25, 0.3) is 0 Å². The fraction of sp³-hybridized carbons (Fsp3) is 0.200. The molecule has 0 amide bonds. The molecule has 0 fully saturated rings. The first kappa shape index (κ1) is 11.0. The highest BCUT2D eigenvalue weighted by molar-refractivity contribution is 5.38. The molecular weight excluding hydrogens is 162 g/mol. The second-order valence-electron chi connectivity index (χ2n) is 2.49. The molecule has 0 spiro atoms. The molecule has 0 N–H and O–H groups in total. The summed E-state index contributed by atoms with van der Waals surface area (Å²) in [4.78, 5) is 1.89. The van der Waals surface area contributed by atoms with E-state index in [9.17, 15) is 0 Å². The normalized spacial score (nSPS) is 9.54. The predicted molar refractivity (Wildman–Crippen MR) is 51.3 cm³/mol. The van der Waals surface area contributed by atoms with Gasteiger partial charge in [0, 0.05) is 14.1 Å². The lowest BCUT2D eigenvalue weighted by Gasteiger charge is -2.00. The van der Waals surface area contributed by atoms with Gasteiger partial charge in [-0.2, -0.15) is 10.5 Å². The van der Waals surface area contributed by atoms with Crippen molar-refractivity contribution in [2.24, 2.45) is 0 Å². The van der Waals surface area contributed by atoms with Gasteiger partial charge >= 0.3 is 0 Å². The van der Waals surface area contributed by atoms with Crippen LogP contribution in [0.3, 0.4) is 0 Å². The molecule has 0 unspecified atom stereocenters. The summed E-state index contributed by atoms with van der Waals surface area (Å²) in [7, 11) is 3.83. The number of rotatable bonds is 3. The van der Waals surface area contributed by atoms with E-state index in [0.29, 0.717) is 0 Å². The molecular formula is C10H11N3. The minimum absolute atomic E-state index is 0.106. The lowest BCUT2D eigenvalue weighted by Crippen LogP contribution is -1.99. The van der Waals surface area contributed by atoms with Crippen LogP contribution in [0.15, 0.2) is 36.1 Å². The summed E-state index contributed by atoms with van der Waals surface area (Å²) in [6, 6.07) is 3.53. The molecule has 0 aromatic heterocycles. The van der Waals surface area contributed by atoms with Gasteiger partial charge in [0.2, 0.25) is 0 Å². The van der Waals surface area contributed by atoms with Crippen molar-refractivity contribution >= 4 is 0 Å². The highest BCUT2D eigenvalue weighted by atomic mass is 15.0. The summed E-state index contributed by atoms with van der Waals surface area (Å²) in [5.74, 6) is 0. The third kappa shape index (κ3) is 6.40. The third-order valence-electron chi connectivity index (χ3n) is 1.11. The molecule has 0 radical (unpaired) electrons. The fourth-order valence-electron chi connectivity index (χ4n) is 0.537. The Balaban J connectivity index is 4.11. The van der Waals surface area contributed by atoms with Gasteiger partial charge in [0.1, 0.15) is 17.7 Å². The Kier molecular flexibility index (Phi) is 5.66. The Morgan fingerprint density at radius 3 is 2.15 bits per heavy atom. The first-order valence-electron chi connectivity index (χ1n) is 3.72. The van der Waals surface area contributed by atoms with E-state index in [4.69, 9.17) is 10.5 Å². The van der Waals surface area contributed by atoms with E-state index in [1.165, 1.54) is 6.08 Å². The summed E-state index contributed by atoms with van der Waals surface area (Å²) in [5, 5.41) is 16.7. The molecule has 0 heterocycles. The summed E-state index contributed by atoms with van der Waals surface area (Å²) in [6.45, 7) is 0. The van der Waals surface area contributed by atoms with Crippen molar-refractivity contribution in [3.8, 4) is 12.1 Å². The van der Waals surface area contributed by atoms with E-state index >= 15 is 0 Å². The molecule has 0 aromatic rings. The van der Waals surface area contributed by atoms with Gasteiger partial charge in [0.25, 0.3) is 0 Å². The number of hydrogen-bond donors (Lipinski definition) is 0. The van der Waals surface area contributed by atoms with Crippen LogP contribution >= 0.6 is 0 Å². The van der Waals surface area contributed by atoms with Crippen molar-refractivity contribution in [1.82, 2.24) is 4.90 Å². The molecule has 0 bridgehead atoms. The van der Waals surface area contributed by atoms with E-state index in [0.717, 1.165) is 0 Å². The van der Waals surface area contributed by atoms with Crippen LogP contribution in [0.2, 0.25) is 0 Å². The summed E-state index contributed by atoms with van der Waals surface area (Å²) in [6.07, 6.45) is 8.57. The summed E-state index contributed by atoms with van der Waals surface area (Å²) >= 11 is 0. The maximum atomic E-state index is 8.37. The zero-order valence-electron chi connectivity index (χ0n) is 7.73. The Labute approximate surface area is 78.5 Å². The SMILES string of the molecule is CN(C)C=CC=CC=C(C#N)C#N.